The van der Waals surface area contributed by atoms with Gasteiger partial charge in [-0.3, -0.25) is 5.32 Å². The quantitative estimate of drug-likeness (QED) is 0.300. The van der Waals surface area contributed by atoms with Gasteiger partial charge in [0.25, 0.3) is 0 Å². The first-order valence-electron chi connectivity index (χ1n) is 11.0. The number of hydrogen-bond donors (Lipinski definition) is 2. The molecule has 0 atom stereocenters. The normalized spacial score (nSPS) is 11.3. The van der Waals surface area contributed by atoms with Crippen LogP contribution in [0.2, 0.25) is 0 Å². The standard InChI is InChI=1S/C27H27FN2O4.BrH/c1-27(2,3)34-26(32)29-20-8-5-17(6-9-20)22-15-21-18(13-25(22)33-4)16-30(11-12-31)24-10-7-19(28)14-23(21)24;/h5-10,13-16,31H,11-12H2,1-4H3;1H. The minimum atomic E-state index is -0.583. The lowest BCUT2D eigenvalue weighted by molar-refractivity contribution is -0.671. The van der Waals surface area contributed by atoms with Crippen LogP contribution >= 0.6 is 0 Å². The van der Waals surface area contributed by atoms with Gasteiger partial charge in [0.15, 0.2) is 12.7 Å². The highest BCUT2D eigenvalue weighted by Gasteiger charge is 2.18. The summed E-state index contributed by atoms with van der Waals surface area (Å²) in [7, 11) is 1.60. The molecule has 4 rings (SSSR count). The average molecular weight is 543 g/mol. The van der Waals surface area contributed by atoms with E-state index in [1.807, 2.05) is 55.8 Å². The number of ether oxygens (including phenoxy) is 2. The number of nitrogens with zero attached hydrogens (tertiary/aromatic N) is 1. The number of aromatic nitrogens is 1. The molecule has 35 heavy (non-hydrogen) atoms. The number of aliphatic hydroxyl groups excluding tert-OH is 1. The van der Waals surface area contributed by atoms with Crippen molar-refractivity contribution < 1.29 is 45.3 Å². The SMILES string of the molecule is COc1cc2c[n+](CCO)c3ccc(F)cc3c2cc1-c1ccc(NC(=O)OC(C)(C)C)cc1.[Br-]. The highest BCUT2D eigenvalue weighted by molar-refractivity contribution is 6.06. The van der Waals surface area contributed by atoms with Crippen molar-refractivity contribution in [2.24, 2.45) is 0 Å². The number of hydrogen-bond acceptors (Lipinski definition) is 4. The van der Waals surface area contributed by atoms with E-state index in [1.165, 1.54) is 12.1 Å². The monoisotopic (exact) mass is 542 g/mol. The molecule has 0 saturated heterocycles. The average Bonchev–Trinajstić information content (AvgIpc) is 2.77. The van der Waals surface area contributed by atoms with E-state index in [0.717, 1.165) is 32.8 Å². The van der Waals surface area contributed by atoms with Crippen LogP contribution in [-0.4, -0.2) is 30.5 Å². The maximum absolute atomic E-state index is 14.2. The number of pyridine rings is 1. The molecule has 0 fully saturated rings. The van der Waals surface area contributed by atoms with Gasteiger partial charge >= 0.3 is 6.09 Å². The molecule has 6 nitrogen and oxygen atoms in total. The zero-order valence-corrected chi connectivity index (χ0v) is 21.6. The molecule has 1 aromatic heterocycles. The Kier molecular flexibility index (Phi) is 7.97. The van der Waals surface area contributed by atoms with E-state index < -0.39 is 11.7 Å². The minimum Gasteiger partial charge on any atom is -1.00 e. The van der Waals surface area contributed by atoms with E-state index in [2.05, 4.69) is 5.32 Å². The Hall–Kier alpha value is -3.23. The number of carbonyl (C=O) groups excluding carboxylic acids is 1. The first-order chi connectivity index (χ1) is 16.2. The van der Waals surface area contributed by atoms with Crippen molar-refractivity contribution >= 4 is 33.5 Å². The summed E-state index contributed by atoms with van der Waals surface area (Å²) in [4.78, 5) is 12.1. The van der Waals surface area contributed by atoms with Gasteiger partial charge in [-0.15, -0.1) is 0 Å². The van der Waals surface area contributed by atoms with Crippen molar-refractivity contribution in [1.82, 2.24) is 0 Å². The molecule has 1 heterocycles. The Morgan fingerprint density at radius 3 is 2.40 bits per heavy atom. The summed E-state index contributed by atoms with van der Waals surface area (Å²) >= 11 is 0. The molecule has 8 heteroatoms. The summed E-state index contributed by atoms with van der Waals surface area (Å²) in [6.45, 7) is 5.79. The summed E-state index contributed by atoms with van der Waals surface area (Å²) in [6, 6.07) is 15.9. The number of halogens is 2. The number of fused-ring (bicyclic) bond motifs is 3. The number of benzene rings is 3. The van der Waals surface area contributed by atoms with Crippen molar-refractivity contribution in [3.63, 3.8) is 0 Å². The smallest absolute Gasteiger partial charge is 0.412 e. The number of rotatable bonds is 5. The van der Waals surface area contributed by atoms with Crippen molar-refractivity contribution in [2.75, 3.05) is 19.0 Å². The maximum atomic E-state index is 14.2. The molecule has 0 aliphatic carbocycles. The molecule has 0 spiro atoms. The highest BCUT2D eigenvalue weighted by atomic mass is 79.9. The first kappa shape index (κ1) is 26.4. The van der Waals surface area contributed by atoms with Crippen LogP contribution in [0.5, 0.6) is 5.75 Å². The third-order valence-electron chi connectivity index (χ3n) is 5.41. The van der Waals surface area contributed by atoms with E-state index >= 15 is 0 Å². The van der Waals surface area contributed by atoms with Crippen LogP contribution in [0.1, 0.15) is 20.8 Å². The first-order valence-corrected chi connectivity index (χ1v) is 11.0. The number of anilines is 1. The molecule has 0 aliphatic rings. The summed E-state index contributed by atoms with van der Waals surface area (Å²) in [5, 5.41) is 14.7. The number of aliphatic hydroxyl groups is 1. The summed E-state index contributed by atoms with van der Waals surface area (Å²) in [5.41, 5.74) is 2.57. The predicted molar refractivity (Wildman–Crippen MR) is 131 cm³/mol. The van der Waals surface area contributed by atoms with Gasteiger partial charge in [-0.05, 0) is 62.7 Å². The maximum Gasteiger partial charge on any atom is 0.412 e. The molecular weight excluding hydrogens is 515 g/mol. The van der Waals surface area contributed by atoms with Crippen LogP contribution in [0.3, 0.4) is 0 Å². The molecular formula is C27H28BrFN2O4. The Balaban J connectivity index is 0.00000342. The largest absolute Gasteiger partial charge is 1.00 e. The van der Waals surface area contributed by atoms with Gasteiger partial charge in [-0.25, -0.2) is 9.18 Å². The van der Waals surface area contributed by atoms with Crippen molar-refractivity contribution in [3.05, 3.63) is 66.6 Å². The predicted octanol–water partition coefficient (Wildman–Crippen LogP) is 2.44. The van der Waals surface area contributed by atoms with Crippen molar-refractivity contribution in [1.29, 1.82) is 0 Å². The van der Waals surface area contributed by atoms with E-state index in [1.54, 1.807) is 25.3 Å². The number of carbonyl (C=O) groups is 1. The minimum absolute atomic E-state index is 0. The lowest BCUT2D eigenvalue weighted by atomic mass is 9.98. The molecule has 1 amide bonds. The van der Waals surface area contributed by atoms with Crippen LogP contribution in [0, 0.1) is 5.82 Å². The van der Waals surface area contributed by atoms with Crippen LogP contribution in [0.25, 0.3) is 32.8 Å². The second-order valence-corrected chi connectivity index (χ2v) is 9.05. The Bertz CT molecular complexity index is 1370. The van der Waals surface area contributed by atoms with Crippen molar-refractivity contribution in [3.8, 4) is 16.9 Å². The zero-order chi connectivity index (χ0) is 24.5. The Morgan fingerprint density at radius 1 is 1.06 bits per heavy atom. The van der Waals surface area contributed by atoms with E-state index in [0.29, 0.717) is 18.0 Å². The van der Waals surface area contributed by atoms with Crippen LogP contribution < -0.4 is 31.6 Å². The van der Waals surface area contributed by atoms with E-state index in [4.69, 9.17) is 9.47 Å². The molecule has 2 N–H and O–H groups in total. The molecule has 0 aliphatic heterocycles. The Morgan fingerprint density at radius 2 is 1.77 bits per heavy atom. The number of methoxy groups -OCH3 is 1. The van der Waals surface area contributed by atoms with Gasteiger partial charge in [-0.1, -0.05) is 12.1 Å². The fourth-order valence-corrected chi connectivity index (χ4v) is 3.99. The molecule has 0 saturated carbocycles. The molecule has 184 valence electrons. The number of nitrogens with one attached hydrogen (secondary N) is 1. The fraction of sp³-hybridized carbons (Fsp3) is 0.259. The van der Waals surface area contributed by atoms with Crippen LogP contribution in [0.4, 0.5) is 14.9 Å². The third-order valence-corrected chi connectivity index (χ3v) is 5.41. The molecule has 3 aromatic carbocycles. The van der Waals surface area contributed by atoms with Gasteiger partial charge in [0.2, 0.25) is 5.52 Å². The summed E-state index contributed by atoms with van der Waals surface area (Å²) in [6.07, 6.45) is 1.42. The zero-order valence-electron chi connectivity index (χ0n) is 20.1. The van der Waals surface area contributed by atoms with Gasteiger partial charge in [0.1, 0.15) is 23.8 Å². The summed E-state index contributed by atoms with van der Waals surface area (Å²) < 4.78 is 27.1. The second-order valence-electron chi connectivity index (χ2n) is 9.05. The topological polar surface area (TPSA) is 71.7 Å². The summed E-state index contributed by atoms with van der Waals surface area (Å²) in [5.74, 6) is 0.331. The van der Waals surface area contributed by atoms with Gasteiger partial charge < -0.3 is 31.6 Å². The van der Waals surface area contributed by atoms with Crippen molar-refractivity contribution in [2.45, 2.75) is 32.9 Å². The molecule has 0 radical (unpaired) electrons. The van der Waals surface area contributed by atoms with Crippen LogP contribution in [0.15, 0.2) is 60.8 Å². The molecule has 4 aromatic rings. The molecule has 0 bridgehead atoms. The van der Waals surface area contributed by atoms with Gasteiger partial charge in [0, 0.05) is 22.7 Å². The van der Waals surface area contributed by atoms with Crippen LogP contribution in [-0.2, 0) is 11.3 Å². The van der Waals surface area contributed by atoms with E-state index in [9.17, 15) is 14.3 Å². The van der Waals surface area contributed by atoms with E-state index in [-0.39, 0.29) is 29.4 Å². The fourth-order valence-electron chi connectivity index (χ4n) is 3.99. The lowest BCUT2D eigenvalue weighted by Gasteiger charge is -2.19. The highest BCUT2D eigenvalue weighted by Crippen LogP contribution is 2.36. The Labute approximate surface area is 214 Å². The molecule has 0 unspecified atom stereocenters. The second kappa shape index (κ2) is 10.6. The van der Waals surface area contributed by atoms with Gasteiger partial charge in [-0.2, -0.15) is 4.57 Å². The number of amides is 1. The third kappa shape index (κ3) is 5.89. The van der Waals surface area contributed by atoms with Gasteiger partial charge in [0.05, 0.1) is 17.9 Å². The lowest BCUT2D eigenvalue weighted by Crippen LogP contribution is -3.00.